The number of ether oxygens (including phenoxy) is 1. The molecule has 0 aromatic rings. The van der Waals surface area contributed by atoms with E-state index >= 15 is 0 Å². The van der Waals surface area contributed by atoms with Gasteiger partial charge in [-0.1, -0.05) is 6.92 Å². The molecule has 2 heterocycles. The normalized spacial score (nSPS) is 23.7. The third kappa shape index (κ3) is 5.57. The topological polar surface area (TPSA) is 58.8 Å². The summed E-state index contributed by atoms with van der Waals surface area (Å²) in [5, 5.41) is 0. The van der Waals surface area contributed by atoms with Crippen molar-refractivity contribution in [3.8, 4) is 0 Å². The van der Waals surface area contributed by atoms with Crippen molar-refractivity contribution in [1.29, 1.82) is 0 Å². The lowest BCUT2D eigenvalue weighted by molar-refractivity contribution is -0.137. The van der Waals surface area contributed by atoms with E-state index in [4.69, 9.17) is 10.5 Å². The molecule has 2 saturated heterocycles. The summed E-state index contributed by atoms with van der Waals surface area (Å²) in [5.74, 6) is 0.135. The van der Waals surface area contributed by atoms with Crippen LogP contribution in [0, 0.1) is 5.92 Å². The Balaban J connectivity index is 0.00000200. The van der Waals surface area contributed by atoms with E-state index in [1.807, 2.05) is 18.7 Å². The van der Waals surface area contributed by atoms with Crippen LogP contribution in [0.1, 0.15) is 26.7 Å². The average molecular weight is 342 g/mol. The van der Waals surface area contributed by atoms with Crippen molar-refractivity contribution in [2.24, 2.45) is 11.7 Å². The molecule has 0 bridgehead atoms. The van der Waals surface area contributed by atoms with Gasteiger partial charge in [0.25, 0.3) is 0 Å². The Kier molecular flexibility index (Phi) is 9.81. The van der Waals surface area contributed by atoms with Gasteiger partial charge in [-0.15, -0.1) is 24.8 Å². The molecule has 0 radical (unpaired) electrons. The number of carbonyl (C=O) groups excluding carboxylic acids is 1. The van der Waals surface area contributed by atoms with Gasteiger partial charge in [0.2, 0.25) is 5.91 Å². The van der Waals surface area contributed by atoms with Crippen LogP contribution in [0.15, 0.2) is 0 Å². The Labute approximate surface area is 140 Å². The maximum atomic E-state index is 12.2. The summed E-state index contributed by atoms with van der Waals surface area (Å²) in [6.45, 7) is 9.25. The first-order valence-corrected chi connectivity index (χ1v) is 7.45. The van der Waals surface area contributed by atoms with Crippen LogP contribution in [0.5, 0.6) is 0 Å². The zero-order valence-corrected chi connectivity index (χ0v) is 14.6. The Morgan fingerprint density at radius 1 is 1.10 bits per heavy atom. The minimum absolute atomic E-state index is 0. The summed E-state index contributed by atoms with van der Waals surface area (Å²) >= 11 is 0. The molecule has 0 aromatic heterocycles. The number of carbonyl (C=O) groups is 1. The molecule has 0 aliphatic carbocycles. The van der Waals surface area contributed by atoms with E-state index in [1.54, 1.807) is 0 Å². The lowest BCUT2D eigenvalue weighted by Gasteiger charge is -2.41. The molecular formula is C14H29Cl2N3O2. The number of hydrogen-bond acceptors (Lipinski definition) is 4. The SMILES string of the molecule is CC(N)C(C)C(=O)N1CCN(C2CCOCC2)CC1.Cl.Cl. The standard InChI is InChI=1S/C14H27N3O2.2ClH/c1-11(12(2)15)14(18)17-7-5-16(6-8-17)13-3-9-19-10-4-13;;/h11-13H,3-10,15H2,1-2H3;2*1H. The molecule has 1 amide bonds. The van der Waals surface area contributed by atoms with Crippen molar-refractivity contribution in [2.45, 2.75) is 38.8 Å². The fraction of sp³-hybridized carbons (Fsp3) is 0.929. The molecular weight excluding hydrogens is 313 g/mol. The molecule has 21 heavy (non-hydrogen) atoms. The Bertz CT molecular complexity index is 305. The molecule has 7 heteroatoms. The molecule has 126 valence electrons. The zero-order chi connectivity index (χ0) is 13.8. The van der Waals surface area contributed by atoms with E-state index in [1.165, 1.54) is 0 Å². The fourth-order valence-corrected chi connectivity index (χ4v) is 2.87. The molecule has 0 spiro atoms. The van der Waals surface area contributed by atoms with Crippen molar-refractivity contribution < 1.29 is 9.53 Å². The number of amides is 1. The summed E-state index contributed by atoms with van der Waals surface area (Å²) < 4.78 is 5.40. The monoisotopic (exact) mass is 341 g/mol. The van der Waals surface area contributed by atoms with Crippen molar-refractivity contribution in [2.75, 3.05) is 39.4 Å². The quantitative estimate of drug-likeness (QED) is 0.836. The first-order valence-electron chi connectivity index (χ1n) is 7.45. The van der Waals surface area contributed by atoms with E-state index in [9.17, 15) is 4.79 Å². The van der Waals surface area contributed by atoms with Gasteiger partial charge in [-0.05, 0) is 19.8 Å². The number of nitrogens with zero attached hydrogens (tertiary/aromatic N) is 2. The maximum absolute atomic E-state index is 12.2. The smallest absolute Gasteiger partial charge is 0.227 e. The van der Waals surface area contributed by atoms with Gasteiger partial charge >= 0.3 is 0 Å². The fourth-order valence-electron chi connectivity index (χ4n) is 2.87. The van der Waals surface area contributed by atoms with Crippen molar-refractivity contribution in [1.82, 2.24) is 9.80 Å². The molecule has 0 saturated carbocycles. The van der Waals surface area contributed by atoms with Crippen LogP contribution in [-0.2, 0) is 9.53 Å². The maximum Gasteiger partial charge on any atom is 0.227 e. The van der Waals surface area contributed by atoms with E-state index in [2.05, 4.69) is 4.90 Å². The van der Waals surface area contributed by atoms with Gasteiger partial charge in [-0.3, -0.25) is 9.69 Å². The van der Waals surface area contributed by atoms with Crippen LogP contribution in [0.25, 0.3) is 0 Å². The molecule has 2 N–H and O–H groups in total. The first-order chi connectivity index (χ1) is 9.09. The number of hydrogen-bond donors (Lipinski definition) is 1. The summed E-state index contributed by atoms with van der Waals surface area (Å²) in [6, 6.07) is 0.581. The summed E-state index contributed by atoms with van der Waals surface area (Å²) in [7, 11) is 0. The highest BCUT2D eigenvalue weighted by Crippen LogP contribution is 2.17. The first kappa shape index (κ1) is 20.9. The second kappa shape index (κ2) is 9.85. The van der Waals surface area contributed by atoms with Crippen molar-refractivity contribution in [3.05, 3.63) is 0 Å². The Hall–Kier alpha value is -0.0700. The van der Waals surface area contributed by atoms with Gasteiger partial charge in [-0.25, -0.2) is 0 Å². The van der Waals surface area contributed by atoms with E-state index in [0.717, 1.165) is 52.2 Å². The zero-order valence-electron chi connectivity index (χ0n) is 13.0. The van der Waals surface area contributed by atoms with Crippen molar-refractivity contribution in [3.63, 3.8) is 0 Å². The highest BCUT2D eigenvalue weighted by molar-refractivity contribution is 5.85. The van der Waals surface area contributed by atoms with Crippen molar-refractivity contribution >= 4 is 30.7 Å². The largest absolute Gasteiger partial charge is 0.381 e. The molecule has 2 unspecified atom stereocenters. The predicted octanol–water partition coefficient (Wildman–Crippen LogP) is 1.14. The summed E-state index contributed by atoms with van der Waals surface area (Å²) in [4.78, 5) is 16.7. The van der Waals surface area contributed by atoms with Gasteiger partial charge in [0.15, 0.2) is 0 Å². The van der Waals surface area contributed by atoms with E-state index in [0.29, 0.717) is 6.04 Å². The lowest BCUT2D eigenvalue weighted by Crippen LogP contribution is -2.54. The van der Waals surface area contributed by atoms with Gasteiger partial charge in [0.05, 0.1) is 5.92 Å². The molecule has 2 rings (SSSR count). The predicted molar refractivity (Wildman–Crippen MR) is 89.3 cm³/mol. The molecule has 2 atom stereocenters. The average Bonchev–Trinajstić information content (AvgIpc) is 2.46. The molecule has 0 aromatic carbocycles. The van der Waals surface area contributed by atoms with Crippen LogP contribution < -0.4 is 5.73 Å². The van der Waals surface area contributed by atoms with Gasteiger partial charge < -0.3 is 15.4 Å². The van der Waals surface area contributed by atoms with Crippen LogP contribution in [0.3, 0.4) is 0 Å². The molecule has 2 aliphatic rings. The number of nitrogens with two attached hydrogens (primary N) is 1. The minimum atomic E-state index is -0.0744. The van der Waals surface area contributed by atoms with E-state index in [-0.39, 0.29) is 42.7 Å². The molecule has 2 fully saturated rings. The van der Waals surface area contributed by atoms with Crippen LogP contribution >= 0.6 is 24.8 Å². The lowest BCUT2D eigenvalue weighted by atomic mass is 10.0. The molecule has 2 aliphatic heterocycles. The number of piperazine rings is 1. The summed E-state index contributed by atoms with van der Waals surface area (Å²) in [5.41, 5.74) is 5.82. The van der Waals surface area contributed by atoms with Gasteiger partial charge in [0.1, 0.15) is 0 Å². The number of halogens is 2. The second-order valence-corrected chi connectivity index (χ2v) is 5.85. The second-order valence-electron chi connectivity index (χ2n) is 5.85. The highest BCUT2D eigenvalue weighted by atomic mass is 35.5. The van der Waals surface area contributed by atoms with Gasteiger partial charge in [0, 0.05) is 51.5 Å². The minimum Gasteiger partial charge on any atom is -0.381 e. The Morgan fingerprint density at radius 3 is 2.10 bits per heavy atom. The third-order valence-corrected chi connectivity index (χ3v) is 4.51. The highest BCUT2D eigenvalue weighted by Gasteiger charge is 2.29. The van der Waals surface area contributed by atoms with Crippen LogP contribution in [0.4, 0.5) is 0 Å². The number of rotatable bonds is 3. The summed E-state index contributed by atoms with van der Waals surface area (Å²) in [6.07, 6.45) is 2.26. The van der Waals surface area contributed by atoms with E-state index < -0.39 is 0 Å². The van der Waals surface area contributed by atoms with Crippen LogP contribution in [-0.4, -0.2) is 67.2 Å². The van der Waals surface area contributed by atoms with Gasteiger partial charge in [-0.2, -0.15) is 0 Å². The van der Waals surface area contributed by atoms with Crippen LogP contribution in [0.2, 0.25) is 0 Å². The molecule has 5 nitrogen and oxygen atoms in total. The Morgan fingerprint density at radius 2 is 1.62 bits per heavy atom. The third-order valence-electron chi connectivity index (χ3n) is 4.51.